The molecule has 3 N–H and O–H groups in total. The molecule has 0 aliphatic rings. The average molecular weight is 433 g/mol. The second kappa shape index (κ2) is 10.9. The van der Waals surface area contributed by atoms with Crippen molar-refractivity contribution in [3.63, 3.8) is 0 Å². The molecule has 0 aliphatic heterocycles. The fourth-order valence-electron chi connectivity index (χ4n) is 3.63. The first-order chi connectivity index (χ1) is 15.4. The molecule has 0 fully saturated rings. The maximum Gasteiger partial charge on any atom is 0.251 e. The molecule has 3 rings (SSSR count). The van der Waals surface area contributed by atoms with Gasteiger partial charge in [0.2, 0.25) is 0 Å². The van der Waals surface area contributed by atoms with Gasteiger partial charge >= 0.3 is 0 Å². The normalized spacial score (nSPS) is 13.2. The lowest BCUT2D eigenvalue weighted by Crippen LogP contribution is -2.51. The van der Waals surface area contributed by atoms with Gasteiger partial charge < -0.3 is 20.5 Å². The number of ether oxygens (including phenoxy) is 1. The van der Waals surface area contributed by atoms with Gasteiger partial charge in [0, 0.05) is 17.6 Å². The summed E-state index contributed by atoms with van der Waals surface area (Å²) in [6.07, 6.45) is -0.265. The van der Waals surface area contributed by atoms with Crippen LogP contribution in [0.25, 0.3) is 0 Å². The van der Waals surface area contributed by atoms with Gasteiger partial charge in [-0.05, 0) is 49.6 Å². The lowest BCUT2D eigenvalue weighted by Gasteiger charge is -2.31. The third-order valence-electron chi connectivity index (χ3n) is 5.66. The minimum absolute atomic E-state index is 0.244. The summed E-state index contributed by atoms with van der Waals surface area (Å²) in [5.41, 5.74) is 2.35. The summed E-state index contributed by atoms with van der Waals surface area (Å²) in [5, 5.41) is 17.6. The number of methoxy groups -OCH3 is 1. The molecule has 0 radical (unpaired) electrons. The van der Waals surface area contributed by atoms with Gasteiger partial charge in [-0.3, -0.25) is 4.79 Å². The Morgan fingerprint density at radius 3 is 2.28 bits per heavy atom. The molecule has 2 atom stereocenters. The number of aliphatic hydroxyl groups is 1. The molecule has 168 valence electrons. The number of aliphatic hydroxyl groups excluding tert-OH is 1. The van der Waals surface area contributed by atoms with Crippen LogP contribution < -0.4 is 15.4 Å². The average Bonchev–Trinajstić information content (AvgIpc) is 2.83. The first kappa shape index (κ1) is 23.5. The summed E-state index contributed by atoms with van der Waals surface area (Å²) >= 11 is 0. The van der Waals surface area contributed by atoms with Crippen molar-refractivity contribution in [3.05, 3.63) is 102 Å². The Bertz CT molecular complexity index is 990. The van der Waals surface area contributed by atoms with E-state index in [4.69, 9.17) is 4.74 Å². The van der Waals surface area contributed by atoms with Gasteiger partial charge in [-0.1, -0.05) is 66.7 Å². The van der Waals surface area contributed by atoms with Crippen LogP contribution in [0.3, 0.4) is 0 Å². The predicted molar refractivity (Wildman–Crippen MR) is 128 cm³/mol. The van der Waals surface area contributed by atoms with Crippen LogP contribution in [0.1, 0.15) is 35.3 Å². The molecule has 0 spiro atoms. The number of nitrogens with one attached hydrogen (secondary N) is 2. The summed E-state index contributed by atoms with van der Waals surface area (Å²) in [6, 6.07) is 26.5. The monoisotopic (exact) mass is 432 g/mol. The summed E-state index contributed by atoms with van der Waals surface area (Å²) < 4.78 is 5.23. The van der Waals surface area contributed by atoms with Gasteiger partial charge in [0.05, 0.1) is 19.3 Å². The summed E-state index contributed by atoms with van der Waals surface area (Å²) in [4.78, 5) is 12.9. The zero-order chi connectivity index (χ0) is 23.0. The van der Waals surface area contributed by atoms with Gasteiger partial charge in [-0.25, -0.2) is 0 Å². The molecule has 0 saturated heterocycles. The highest BCUT2D eigenvalue weighted by atomic mass is 16.5. The third-order valence-corrected chi connectivity index (χ3v) is 5.66. The fourth-order valence-corrected chi connectivity index (χ4v) is 3.63. The molecule has 0 heterocycles. The Morgan fingerprint density at radius 1 is 0.969 bits per heavy atom. The van der Waals surface area contributed by atoms with Crippen molar-refractivity contribution in [2.24, 2.45) is 0 Å². The number of rotatable bonds is 10. The van der Waals surface area contributed by atoms with Gasteiger partial charge in [-0.15, -0.1) is 0 Å². The Balaban J connectivity index is 1.73. The molecule has 3 aromatic rings. The standard InChI is InChI=1S/C27H32N2O3/c1-27(2,22-14-8-5-9-15-22)28-19-25(30)24(17-20-11-6-4-7-12-20)29-26(31)21-13-10-16-23(18-21)32-3/h4-16,18,24-25,28,30H,17,19H2,1-3H3,(H,29,31)/t24-,25+/m0/s1. The van der Waals surface area contributed by atoms with Crippen LogP contribution >= 0.6 is 0 Å². The fraction of sp³-hybridized carbons (Fsp3) is 0.296. The van der Waals surface area contributed by atoms with E-state index in [0.717, 1.165) is 11.1 Å². The number of carbonyl (C=O) groups excluding carboxylic acids is 1. The second-order valence-corrected chi connectivity index (χ2v) is 8.44. The number of hydrogen-bond acceptors (Lipinski definition) is 4. The van der Waals surface area contributed by atoms with E-state index in [0.29, 0.717) is 24.3 Å². The highest BCUT2D eigenvalue weighted by Crippen LogP contribution is 2.20. The van der Waals surface area contributed by atoms with E-state index >= 15 is 0 Å². The molecule has 5 heteroatoms. The zero-order valence-corrected chi connectivity index (χ0v) is 18.9. The third kappa shape index (κ3) is 6.42. The first-order valence-electron chi connectivity index (χ1n) is 10.9. The lowest BCUT2D eigenvalue weighted by atomic mass is 9.93. The quantitative estimate of drug-likeness (QED) is 0.454. The van der Waals surface area contributed by atoms with E-state index in [9.17, 15) is 9.90 Å². The molecule has 3 aromatic carbocycles. The molecular formula is C27H32N2O3. The first-order valence-corrected chi connectivity index (χ1v) is 10.9. The maximum absolute atomic E-state index is 12.9. The Morgan fingerprint density at radius 2 is 1.62 bits per heavy atom. The van der Waals surface area contributed by atoms with Crippen LogP contribution in [0.4, 0.5) is 0 Å². The highest BCUT2D eigenvalue weighted by molar-refractivity contribution is 5.94. The van der Waals surface area contributed by atoms with Crippen molar-refractivity contribution in [1.29, 1.82) is 0 Å². The maximum atomic E-state index is 12.9. The molecule has 0 aromatic heterocycles. The molecule has 0 unspecified atom stereocenters. The van der Waals surface area contributed by atoms with E-state index in [2.05, 4.69) is 36.6 Å². The molecule has 5 nitrogen and oxygen atoms in total. The predicted octanol–water partition coefficient (Wildman–Crippen LogP) is 3.92. The highest BCUT2D eigenvalue weighted by Gasteiger charge is 2.26. The van der Waals surface area contributed by atoms with Crippen molar-refractivity contribution >= 4 is 5.91 Å². The molecule has 0 aliphatic carbocycles. The van der Waals surface area contributed by atoms with Crippen molar-refractivity contribution in [1.82, 2.24) is 10.6 Å². The topological polar surface area (TPSA) is 70.6 Å². The van der Waals surface area contributed by atoms with E-state index in [-0.39, 0.29) is 11.4 Å². The number of hydrogen-bond donors (Lipinski definition) is 3. The van der Waals surface area contributed by atoms with E-state index in [1.807, 2.05) is 48.5 Å². The van der Waals surface area contributed by atoms with E-state index < -0.39 is 12.1 Å². The van der Waals surface area contributed by atoms with Gasteiger partial charge in [0.25, 0.3) is 5.91 Å². The van der Waals surface area contributed by atoms with Crippen molar-refractivity contribution < 1.29 is 14.6 Å². The van der Waals surface area contributed by atoms with Gasteiger partial charge in [0.15, 0.2) is 0 Å². The molecular weight excluding hydrogens is 400 g/mol. The van der Waals surface area contributed by atoms with Crippen molar-refractivity contribution in [2.45, 2.75) is 38.0 Å². The van der Waals surface area contributed by atoms with Crippen LogP contribution in [0.5, 0.6) is 5.75 Å². The van der Waals surface area contributed by atoms with E-state index in [1.54, 1.807) is 31.4 Å². The summed E-state index contributed by atoms with van der Waals surface area (Å²) in [5.74, 6) is 0.371. The van der Waals surface area contributed by atoms with Crippen LogP contribution in [0.15, 0.2) is 84.9 Å². The molecule has 0 saturated carbocycles. The smallest absolute Gasteiger partial charge is 0.251 e. The lowest BCUT2D eigenvalue weighted by molar-refractivity contribution is 0.0813. The Kier molecular flexibility index (Phi) is 8.03. The van der Waals surface area contributed by atoms with Crippen LogP contribution in [0.2, 0.25) is 0 Å². The van der Waals surface area contributed by atoms with E-state index in [1.165, 1.54) is 0 Å². The SMILES string of the molecule is COc1cccc(C(=O)N[C@@H](Cc2ccccc2)[C@H](O)CNC(C)(C)c2ccccc2)c1. The number of amides is 1. The summed E-state index contributed by atoms with van der Waals surface area (Å²) in [6.45, 7) is 4.49. The van der Waals surface area contributed by atoms with Crippen molar-refractivity contribution in [3.8, 4) is 5.75 Å². The Labute approximate surface area is 190 Å². The number of benzene rings is 3. The molecule has 1 amide bonds. The molecule has 0 bridgehead atoms. The van der Waals surface area contributed by atoms with Gasteiger partial charge in [-0.2, -0.15) is 0 Å². The van der Waals surface area contributed by atoms with Crippen LogP contribution in [-0.2, 0) is 12.0 Å². The van der Waals surface area contributed by atoms with Gasteiger partial charge in [0.1, 0.15) is 5.75 Å². The largest absolute Gasteiger partial charge is 0.497 e. The zero-order valence-electron chi connectivity index (χ0n) is 18.9. The summed E-state index contributed by atoms with van der Waals surface area (Å²) in [7, 11) is 1.57. The van der Waals surface area contributed by atoms with Crippen LogP contribution in [0, 0.1) is 0 Å². The second-order valence-electron chi connectivity index (χ2n) is 8.44. The minimum atomic E-state index is -0.784. The number of carbonyl (C=O) groups is 1. The minimum Gasteiger partial charge on any atom is -0.497 e. The van der Waals surface area contributed by atoms with Crippen molar-refractivity contribution in [2.75, 3.05) is 13.7 Å². The Hall–Kier alpha value is -3.15. The molecule has 32 heavy (non-hydrogen) atoms. The van der Waals surface area contributed by atoms with Crippen LogP contribution in [-0.4, -0.2) is 36.8 Å².